The number of carbonyl (C=O) groups excluding carboxylic acids is 1. The standard InChI is InChI=1S/C15H15Cl2N3O2/c1-20-8-2-3-13(14(20)21)19-15(22)18-7-6-10-4-5-11(16)9-12(10)17/h2-5,8-9H,6-7H2,1H3,(H2,18,19,22). The Morgan fingerprint density at radius 2 is 2.05 bits per heavy atom. The summed E-state index contributed by atoms with van der Waals surface area (Å²) in [6.07, 6.45) is 2.18. The third kappa shape index (κ3) is 4.26. The van der Waals surface area contributed by atoms with Crippen molar-refractivity contribution in [3.8, 4) is 0 Å². The van der Waals surface area contributed by atoms with E-state index in [2.05, 4.69) is 10.6 Å². The van der Waals surface area contributed by atoms with Gasteiger partial charge in [-0.1, -0.05) is 29.3 Å². The first-order chi connectivity index (χ1) is 10.5. The summed E-state index contributed by atoms with van der Waals surface area (Å²) in [5, 5.41) is 6.33. The molecule has 116 valence electrons. The molecule has 2 rings (SSSR count). The van der Waals surface area contributed by atoms with Crippen LogP contribution >= 0.6 is 23.2 Å². The molecule has 1 aromatic carbocycles. The second kappa shape index (κ2) is 7.33. The Kier molecular flexibility index (Phi) is 5.46. The molecule has 22 heavy (non-hydrogen) atoms. The summed E-state index contributed by atoms with van der Waals surface area (Å²) in [4.78, 5) is 23.5. The van der Waals surface area contributed by atoms with Crippen LogP contribution in [0.3, 0.4) is 0 Å². The number of benzene rings is 1. The molecule has 0 spiro atoms. The highest BCUT2D eigenvalue weighted by Gasteiger charge is 2.06. The first-order valence-electron chi connectivity index (χ1n) is 6.62. The minimum Gasteiger partial charge on any atom is -0.338 e. The first kappa shape index (κ1) is 16.4. The van der Waals surface area contributed by atoms with E-state index in [-0.39, 0.29) is 11.2 Å². The number of hydrogen-bond donors (Lipinski definition) is 2. The quantitative estimate of drug-likeness (QED) is 0.899. The van der Waals surface area contributed by atoms with Gasteiger partial charge in [-0.15, -0.1) is 0 Å². The van der Waals surface area contributed by atoms with Gasteiger partial charge in [0.15, 0.2) is 0 Å². The largest absolute Gasteiger partial charge is 0.338 e. The van der Waals surface area contributed by atoms with Gasteiger partial charge in [0, 0.05) is 29.8 Å². The summed E-state index contributed by atoms with van der Waals surface area (Å²) >= 11 is 11.9. The van der Waals surface area contributed by atoms with E-state index in [4.69, 9.17) is 23.2 Å². The number of aryl methyl sites for hydroxylation is 1. The minimum atomic E-state index is -0.437. The van der Waals surface area contributed by atoms with Crippen molar-refractivity contribution in [2.24, 2.45) is 7.05 Å². The molecule has 0 aliphatic rings. The van der Waals surface area contributed by atoms with E-state index in [1.54, 1.807) is 37.5 Å². The number of amides is 2. The van der Waals surface area contributed by atoms with E-state index in [1.165, 1.54) is 4.57 Å². The van der Waals surface area contributed by atoms with Crippen molar-refractivity contribution in [1.82, 2.24) is 9.88 Å². The fourth-order valence-corrected chi connectivity index (χ4v) is 2.40. The molecular formula is C15H15Cl2N3O2. The van der Waals surface area contributed by atoms with Gasteiger partial charge in [-0.05, 0) is 36.2 Å². The lowest BCUT2D eigenvalue weighted by Crippen LogP contribution is -2.33. The molecule has 1 aromatic heterocycles. The number of hydrogen-bond acceptors (Lipinski definition) is 2. The lowest BCUT2D eigenvalue weighted by Gasteiger charge is -2.09. The molecule has 1 heterocycles. The first-order valence-corrected chi connectivity index (χ1v) is 7.37. The Labute approximate surface area is 137 Å². The van der Waals surface area contributed by atoms with Gasteiger partial charge in [-0.2, -0.15) is 0 Å². The van der Waals surface area contributed by atoms with E-state index < -0.39 is 6.03 Å². The number of aromatic nitrogens is 1. The summed E-state index contributed by atoms with van der Waals surface area (Å²) in [5.41, 5.74) is 0.854. The third-order valence-electron chi connectivity index (χ3n) is 3.07. The molecule has 2 N–H and O–H groups in total. The maximum absolute atomic E-state index is 11.8. The Bertz CT molecular complexity index is 744. The summed E-state index contributed by atoms with van der Waals surface area (Å²) in [5.74, 6) is 0. The van der Waals surface area contributed by atoms with Crippen molar-refractivity contribution < 1.29 is 4.79 Å². The van der Waals surface area contributed by atoms with Crippen molar-refractivity contribution in [2.45, 2.75) is 6.42 Å². The maximum atomic E-state index is 11.8. The van der Waals surface area contributed by atoms with Crippen molar-refractivity contribution in [1.29, 1.82) is 0 Å². The average molecular weight is 340 g/mol. The number of rotatable bonds is 4. The molecule has 0 radical (unpaired) electrons. The Balaban J connectivity index is 1.88. The van der Waals surface area contributed by atoms with E-state index >= 15 is 0 Å². The predicted molar refractivity (Wildman–Crippen MR) is 88.9 cm³/mol. The Morgan fingerprint density at radius 1 is 1.27 bits per heavy atom. The molecule has 0 aliphatic carbocycles. The number of pyridine rings is 1. The Morgan fingerprint density at radius 3 is 2.77 bits per heavy atom. The topological polar surface area (TPSA) is 63.1 Å². The summed E-state index contributed by atoms with van der Waals surface area (Å²) in [7, 11) is 1.62. The van der Waals surface area contributed by atoms with Gasteiger partial charge < -0.3 is 15.2 Å². The maximum Gasteiger partial charge on any atom is 0.319 e. The summed E-state index contributed by atoms with van der Waals surface area (Å²) in [6.45, 7) is 0.389. The van der Waals surface area contributed by atoms with Crippen LogP contribution in [-0.4, -0.2) is 17.1 Å². The van der Waals surface area contributed by atoms with Crippen LogP contribution in [0.1, 0.15) is 5.56 Å². The normalized spacial score (nSPS) is 10.3. The van der Waals surface area contributed by atoms with Crippen LogP contribution in [-0.2, 0) is 13.5 Å². The zero-order chi connectivity index (χ0) is 16.1. The molecule has 0 saturated heterocycles. The highest BCUT2D eigenvalue weighted by Crippen LogP contribution is 2.20. The summed E-state index contributed by atoms with van der Waals surface area (Å²) < 4.78 is 1.39. The van der Waals surface area contributed by atoms with Gasteiger partial charge in [0.25, 0.3) is 5.56 Å². The molecule has 2 amide bonds. The highest BCUT2D eigenvalue weighted by atomic mass is 35.5. The van der Waals surface area contributed by atoms with Gasteiger partial charge in [0.2, 0.25) is 0 Å². The third-order valence-corrected chi connectivity index (χ3v) is 3.65. The van der Waals surface area contributed by atoms with Crippen LogP contribution in [0.15, 0.2) is 41.3 Å². The van der Waals surface area contributed by atoms with Crippen molar-refractivity contribution in [2.75, 3.05) is 11.9 Å². The van der Waals surface area contributed by atoms with Crippen molar-refractivity contribution in [3.63, 3.8) is 0 Å². The molecule has 0 saturated carbocycles. The number of nitrogens with zero attached hydrogens (tertiary/aromatic N) is 1. The second-order valence-corrected chi connectivity index (χ2v) is 5.55. The molecule has 0 fully saturated rings. The van der Waals surface area contributed by atoms with Crippen molar-refractivity contribution in [3.05, 3.63) is 62.5 Å². The number of halogens is 2. The number of nitrogens with one attached hydrogen (secondary N) is 2. The Hall–Kier alpha value is -1.98. The molecule has 0 bridgehead atoms. The monoisotopic (exact) mass is 339 g/mol. The fraction of sp³-hybridized carbons (Fsp3) is 0.200. The molecule has 5 nitrogen and oxygen atoms in total. The van der Waals surface area contributed by atoms with E-state index in [0.29, 0.717) is 23.0 Å². The number of carbonyl (C=O) groups is 1. The molecule has 0 atom stereocenters. The predicted octanol–water partition coefficient (Wildman–Crippen LogP) is 3.06. The van der Waals surface area contributed by atoms with Crippen LogP contribution in [0.5, 0.6) is 0 Å². The number of urea groups is 1. The van der Waals surface area contributed by atoms with Crippen LogP contribution in [0.25, 0.3) is 0 Å². The average Bonchev–Trinajstić information content (AvgIpc) is 2.46. The smallest absolute Gasteiger partial charge is 0.319 e. The van der Waals surface area contributed by atoms with Gasteiger partial charge >= 0.3 is 6.03 Å². The lowest BCUT2D eigenvalue weighted by molar-refractivity contribution is 0.252. The van der Waals surface area contributed by atoms with E-state index in [1.807, 2.05) is 6.07 Å². The van der Waals surface area contributed by atoms with Crippen molar-refractivity contribution >= 4 is 34.9 Å². The lowest BCUT2D eigenvalue weighted by atomic mass is 10.1. The zero-order valence-electron chi connectivity index (χ0n) is 11.9. The van der Waals surface area contributed by atoms with E-state index in [9.17, 15) is 9.59 Å². The van der Waals surface area contributed by atoms with Gasteiger partial charge in [-0.3, -0.25) is 4.79 Å². The van der Waals surface area contributed by atoms with Gasteiger partial charge in [0.1, 0.15) is 5.69 Å². The van der Waals surface area contributed by atoms with E-state index in [0.717, 1.165) is 5.56 Å². The van der Waals surface area contributed by atoms with Crippen LogP contribution in [0.4, 0.5) is 10.5 Å². The van der Waals surface area contributed by atoms with Crippen LogP contribution in [0, 0.1) is 0 Å². The van der Waals surface area contributed by atoms with Crippen LogP contribution < -0.4 is 16.2 Å². The number of anilines is 1. The van der Waals surface area contributed by atoms with Gasteiger partial charge in [0.05, 0.1) is 0 Å². The fourth-order valence-electron chi connectivity index (χ4n) is 1.89. The zero-order valence-corrected chi connectivity index (χ0v) is 13.4. The molecule has 2 aromatic rings. The molecule has 0 aliphatic heterocycles. The second-order valence-electron chi connectivity index (χ2n) is 4.70. The van der Waals surface area contributed by atoms with Crippen LogP contribution in [0.2, 0.25) is 10.0 Å². The minimum absolute atomic E-state index is 0.229. The molecular weight excluding hydrogens is 325 g/mol. The molecule has 0 unspecified atom stereocenters. The highest BCUT2D eigenvalue weighted by molar-refractivity contribution is 6.35. The van der Waals surface area contributed by atoms with Gasteiger partial charge in [-0.25, -0.2) is 4.79 Å². The molecule has 7 heteroatoms. The summed E-state index contributed by atoms with van der Waals surface area (Å²) in [6, 6.07) is 8.02. The SMILES string of the molecule is Cn1cccc(NC(=O)NCCc2ccc(Cl)cc2Cl)c1=O.